The van der Waals surface area contributed by atoms with E-state index in [2.05, 4.69) is 22.9 Å². The van der Waals surface area contributed by atoms with Gasteiger partial charge in [0.15, 0.2) is 0 Å². The van der Waals surface area contributed by atoms with Gasteiger partial charge in [0.1, 0.15) is 6.61 Å². The van der Waals surface area contributed by atoms with E-state index < -0.39 is 0 Å². The summed E-state index contributed by atoms with van der Waals surface area (Å²) in [6.45, 7) is 2.37. The molecule has 2 heterocycles. The van der Waals surface area contributed by atoms with E-state index in [1.165, 1.54) is 18.5 Å². The molecular weight excluding hydrogens is 280 g/mol. The Morgan fingerprint density at radius 3 is 2.95 bits per heavy atom. The van der Waals surface area contributed by atoms with Crippen molar-refractivity contribution in [2.75, 3.05) is 26.9 Å². The summed E-state index contributed by atoms with van der Waals surface area (Å²) in [6, 6.07) is 4.45. The number of methoxy groups -OCH3 is 1. The maximum absolute atomic E-state index is 12.5. The molecule has 5 nitrogen and oxygen atoms in total. The molecule has 0 unspecified atom stereocenters. The molecule has 0 N–H and O–H groups in total. The van der Waals surface area contributed by atoms with Gasteiger partial charge < -0.3 is 18.9 Å². The van der Waals surface area contributed by atoms with Gasteiger partial charge in [0.25, 0.3) is 0 Å². The van der Waals surface area contributed by atoms with Crippen LogP contribution in [0.3, 0.4) is 0 Å². The van der Waals surface area contributed by atoms with Crippen LogP contribution in [0, 0.1) is 0 Å². The highest BCUT2D eigenvalue weighted by atomic mass is 16.5. The maximum atomic E-state index is 12.5. The lowest BCUT2D eigenvalue weighted by Crippen LogP contribution is -2.43. The van der Waals surface area contributed by atoms with Crippen molar-refractivity contribution >= 4 is 5.91 Å². The summed E-state index contributed by atoms with van der Waals surface area (Å²) in [7, 11) is 1.72. The summed E-state index contributed by atoms with van der Waals surface area (Å²) in [5.74, 6) is 0.113. The second-order valence-electron chi connectivity index (χ2n) is 6.33. The van der Waals surface area contributed by atoms with Crippen LogP contribution in [0.15, 0.2) is 18.3 Å². The Labute approximate surface area is 132 Å². The summed E-state index contributed by atoms with van der Waals surface area (Å²) in [4.78, 5) is 14.4. The predicted octanol–water partition coefficient (Wildman–Crippen LogP) is 2.37. The molecule has 1 fully saturated rings. The monoisotopic (exact) mass is 306 g/mol. The van der Waals surface area contributed by atoms with E-state index in [0.717, 1.165) is 25.8 Å². The van der Waals surface area contributed by atoms with E-state index >= 15 is 0 Å². The molecule has 5 heteroatoms. The molecule has 1 aliphatic carbocycles. The third kappa shape index (κ3) is 3.52. The van der Waals surface area contributed by atoms with Gasteiger partial charge in [-0.3, -0.25) is 4.79 Å². The number of aromatic nitrogens is 1. The van der Waals surface area contributed by atoms with Gasteiger partial charge in [-0.05, 0) is 31.4 Å². The lowest BCUT2D eigenvalue weighted by Gasteiger charge is -2.35. The lowest BCUT2D eigenvalue weighted by atomic mass is 10.1. The van der Waals surface area contributed by atoms with Crippen molar-refractivity contribution in [2.45, 2.75) is 50.8 Å². The molecule has 0 radical (unpaired) electrons. The molecule has 1 aromatic heterocycles. The quantitative estimate of drug-likeness (QED) is 0.810. The summed E-state index contributed by atoms with van der Waals surface area (Å²) < 4.78 is 13.3. The zero-order valence-electron chi connectivity index (χ0n) is 13.4. The van der Waals surface area contributed by atoms with Crippen LogP contribution in [0.4, 0.5) is 0 Å². The summed E-state index contributed by atoms with van der Waals surface area (Å²) in [5, 5.41) is 0. The van der Waals surface area contributed by atoms with Gasteiger partial charge in [-0.15, -0.1) is 0 Å². The van der Waals surface area contributed by atoms with E-state index in [9.17, 15) is 4.79 Å². The predicted molar refractivity (Wildman–Crippen MR) is 83.6 cm³/mol. The number of amides is 1. The third-order valence-electron chi connectivity index (χ3n) is 4.80. The number of ether oxygens (including phenoxy) is 2. The molecule has 1 aliphatic heterocycles. The lowest BCUT2D eigenvalue weighted by molar-refractivity contribution is -0.140. The standard InChI is InChI=1S/C17H26N2O3/c1-21-10-8-15-12-18(11-14-5-4-9-19(14)15)17(20)13-22-16-6-2-3-7-16/h4-5,9,15-16H,2-3,6-8,10-13H2,1H3/t15-/m1/s1. The van der Waals surface area contributed by atoms with Crippen LogP contribution in [-0.4, -0.2) is 48.3 Å². The Kier molecular flexibility index (Phi) is 5.16. The fraction of sp³-hybridized carbons (Fsp3) is 0.706. The van der Waals surface area contributed by atoms with Crippen LogP contribution in [0.5, 0.6) is 0 Å². The Morgan fingerprint density at radius 1 is 1.36 bits per heavy atom. The molecule has 1 amide bonds. The minimum absolute atomic E-state index is 0.113. The number of carbonyl (C=O) groups excluding carboxylic acids is 1. The number of fused-ring (bicyclic) bond motifs is 1. The molecule has 1 saturated carbocycles. The van der Waals surface area contributed by atoms with Crippen LogP contribution in [0.2, 0.25) is 0 Å². The number of nitrogens with zero attached hydrogens (tertiary/aromatic N) is 2. The van der Waals surface area contributed by atoms with Crippen molar-refractivity contribution in [1.82, 2.24) is 9.47 Å². The number of hydrogen-bond donors (Lipinski definition) is 0. The van der Waals surface area contributed by atoms with Gasteiger partial charge in [-0.2, -0.15) is 0 Å². The zero-order valence-corrected chi connectivity index (χ0v) is 13.4. The van der Waals surface area contributed by atoms with Crippen molar-refractivity contribution in [2.24, 2.45) is 0 Å². The van der Waals surface area contributed by atoms with Crippen molar-refractivity contribution in [3.05, 3.63) is 24.0 Å². The minimum Gasteiger partial charge on any atom is -0.385 e. The van der Waals surface area contributed by atoms with Gasteiger partial charge >= 0.3 is 0 Å². The first-order chi connectivity index (χ1) is 10.8. The smallest absolute Gasteiger partial charge is 0.249 e. The van der Waals surface area contributed by atoms with Gasteiger partial charge in [0, 0.05) is 32.2 Å². The van der Waals surface area contributed by atoms with Crippen LogP contribution in [0.25, 0.3) is 0 Å². The van der Waals surface area contributed by atoms with Crippen LogP contribution >= 0.6 is 0 Å². The average Bonchev–Trinajstić information content (AvgIpc) is 3.20. The summed E-state index contributed by atoms with van der Waals surface area (Å²) in [5.41, 5.74) is 1.20. The second kappa shape index (κ2) is 7.29. The van der Waals surface area contributed by atoms with Crippen LogP contribution in [0.1, 0.15) is 43.8 Å². The Balaban J connectivity index is 1.58. The number of rotatable bonds is 6. The topological polar surface area (TPSA) is 43.7 Å². The first kappa shape index (κ1) is 15.6. The van der Waals surface area contributed by atoms with E-state index in [1.54, 1.807) is 7.11 Å². The normalized spacial score (nSPS) is 22.0. The molecular formula is C17H26N2O3. The average molecular weight is 306 g/mol. The minimum atomic E-state index is 0.113. The SMILES string of the molecule is COCC[C@@H]1CN(C(=O)COC2CCCC2)Cc2cccn21. The second-order valence-corrected chi connectivity index (χ2v) is 6.33. The number of hydrogen-bond acceptors (Lipinski definition) is 3. The highest BCUT2D eigenvalue weighted by molar-refractivity contribution is 5.77. The summed E-state index contributed by atoms with van der Waals surface area (Å²) >= 11 is 0. The molecule has 3 rings (SSSR count). The molecule has 1 aromatic rings. The van der Waals surface area contributed by atoms with Crippen LogP contribution in [-0.2, 0) is 20.8 Å². The molecule has 0 bridgehead atoms. The molecule has 1 atom stereocenters. The third-order valence-corrected chi connectivity index (χ3v) is 4.80. The molecule has 0 aromatic carbocycles. The van der Waals surface area contributed by atoms with Crippen molar-refractivity contribution < 1.29 is 14.3 Å². The largest absolute Gasteiger partial charge is 0.385 e. The van der Waals surface area contributed by atoms with E-state index in [-0.39, 0.29) is 12.5 Å². The molecule has 0 spiro atoms. The molecule has 122 valence electrons. The highest BCUT2D eigenvalue weighted by Crippen LogP contribution is 2.25. The molecule has 22 heavy (non-hydrogen) atoms. The van der Waals surface area contributed by atoms with E-state index in [0.29, 0.717) is 25.3 Å². The van der Waals surface area contributed by atoms with Crippen LogP contribution < -0.4 is 0 Å². The molecule has 2 aliphatic rings. The first-order valence-electron chi connectivity index (χ1n) is 8.32. The van der Waals surface area contributed by atoms with Crippen molar-refractivity contribution in [3.63, 3.8) is 0 Å². The number of carbonyl (C=O) groups is 1. The van der Waals surface area contributed by atoms with Gasteiger partial charge in [-0.25, -0.2) is 0 Å². The van der Waals surface area contributed by atoms with E-state index in [4.69, 9.17) is 9.47 Å². The van der Waals surface area contributed by atoms with E-state index in [1.807, 2.05) is 4.90 Å². The van der Waals surface area contributed by atoms with Crippen molar-refractivity contribution in [3.8, 4) is 0 Å². The zero-order chi connectivity index (χ0) is 15.4. The summed E-state index contributed by atoms with van der Waals surface area (Å²) in [6.07, 6.45) is 7.99. The Hall–Kier alpha value is -1.33. The fourth-order valence-electron chi connectivity index (χ4n) is 3.53. The first-order valence-corrected chi connectivity index (χ1v) is 8.32. The highest BCUT2D eigenvalue weighted by Gasteiger charge is 2.28. The Morgan fingerprint density at radius 2 is 2.18 bits per heavy atom. The van der Waals surface area contributed by atoms with Crippen molar-refractivity contribution in [1.29, 1.82) is 0 Å². The van der Waals surface area contributed by atoms with Gasteiger partial charge in [-0.1, -0.05) is 12.8 Å². The molecule has 0 saturated heterocycles. The Bertz CT molecular complexity index is 494. The van der Waals surface area contributed by atoms with Gasteiger partial charge in [0.2, 0.25) is 5.91 Å². The maximum Gasteiger partial charge on any atom is 0.249 e. The van der Waals surface area contributed by atoms with Gasteiger partial charge in [0.05, 0.1) is 18.7 Å². The fourth-order valence-corrected chi connectivity index (χ4v) is 3.53.